The van der Waals surface area contributed by atoms with Crippen LogP contribution >= 0.6 is 0 Å². The van der Waals surface area contributed by atoms with Crippen molar-refractivity contribution in [1.29, 1.82) is 0 Å². The van der Waals surface area contributed by atoms with Crippen LogP contribution in [0.1, 0.15) is 70.9 Å². The third-order valence-corrected chi connectivity index (χ3v) is 6.25. The summed E-state index contributed by atoms with van der Waals surface area (Å²) in [5, 5.41) is 6.55. The molecule has 1 aromatic heterocycles. The van der Waals surface area contributed by atoms with Crippen molar-refractivity contribution in [3.05, 3.63) is 76.2 Å². The van der Waals surface area contributed by atoms with Crippen LogP contribution in [0.5, 0.6) is 0 Å². The number of allylic oxidation sites excluding steroid dienone is 5. The predicted octanol–water partition coefficient (Wildman–Crippen LogP) is 5.62. The predicted molar refractivity (Wildman–Crippen MR) is 142 cm³/mol. The molecule has 2 aromatic rings. The van der Waals surface area contributed by atoms with Crippen molar-refractivity contribution in [3.63, 3.8) is 0 Å². The lowest BCUT2D eigenvalue weighted by Crippen LogP contribution is -2.53. The number of H-pyrrole nitrogens is 1. The highest BCUT2D eigenvalue weighted by Gasteiger charge is 2.29. The van der Waals surface area contributed by atoms with Gasteiger partial charge in [0.2, 0.25) is 5.91 Å². The fraction of sp³-hybridized carbons (Fsp3) is 0.379. The molecule has 1 aromatic carbocycles. The smallest absolute Gasteiger partial charge is 0.268 e. The fourth-order valence-electron chi connectivity index (χ4n) is 4.01. The molecule has 0 unspecified atom stereocenters. The van der Waals surface area contributed by atoms with Crippen LogP contribution in [0.4, 0.5) is 0 Å². The minimum absolute atomic E-state index is 0.219. The summed E-state index contributed by atoms with van der Waals surface area (Å²) >= 11 is 0. The van der Waals surface area contributed by atoms with Gasteiger partial charge in [-0.1, -0.05) is 49.3 Å². The zero-order chi connectivity index (χ0) is 25.2. The Morgan fingerprint density at radius 2 is 1.71 bits per heavy atom. The number of fused-ring (bicyclic) bond motifs is 1. The van der Waals surface area contributed by atoms with Crippen LogP contribution in [0.2, 0.25) is 0 Å². The van der Waals surface area contributed by atoms with E-state index in [4.69, 9.17) is 0 Å². The van der Waals surface area contributed by atoms with Crippen molar-refractivity contribution in [2.45, 2.75) is 72.8 Å². The molecule has 2 amide bonds. The Morgan fingerprint density at radius 3 is 2.32 bits per heavy atom. The van der Waals surface area contributed by atoms with Gasteiger partial charge in [-0.3, -0.25) is 9.59 Å². The Morgan fingerprint density at radius 1 is 1.06 bits per heavy atom. The lowest BCUT2D eigenvalue weighted by atomic mass is 9.86. The van der Waals surface area contributed by atoms with Gasteiger partial charge in [0.15, 0.2) is 0 Å². The summed E-state index contributed by atoms with van der Waals surface area (Å²) in [4.78, 5) is 28.6. The van der Waals surface area contributed by atoms with E-state index >= 15 is 0 Å². The highest BCUT2D eigenvalue weighted by atomic mass is 16.2. The second kappa shape index (κ2) is 9.88. The molecule has 34 heavy (non-hydrogen) atoms. The van der Waals surface area contributed by atoms with Gasteiger partial charge in [-0.25, -0.2) is 0 Å². The van der Waals surface area contributed by atoms with Gasteiger partial charge in [-0.05, 0) is 70.7 Å². The Labute approximate surface area is 203 Å². The van der Waals surface area contributed by atoms with E-state index in [0.29, 0.717) is 0 Å². The van der Waals surface area contributed by atoms with Gasteiger partial charge in [-0.2, -0.15) is 0 Å². The van der Waals surface area contributed by atoms with Crippen molar-refractivity contribution in [1.82, 2.24) is 15.6 Å². The lowest BCUT2D eigenvalue weighted by Gasteiger charge is -2.23. The lowest BCUT2D eigenvalue weighted by molar-refractivity contribution is -0.130. The molecule has 0 radical (unpaired) electrons. The third-order valence-electron chi connectivity index (χ3n) is 6.25. The molecule has 1 saturated heterocycles. The highest BCUT2D eigenvalue weighted by molar-refractivity contribution is 6.08. The standard InChI is InChI=1S/C29H37N3O2/c1-9-29(7,8)26-23(16-24-28(34)30-19(6)27(33)31-24)22-15-20(12-10-17(2)3)14-21(25(22)32-26)13-11-18(4)5/h9-11,14-16,19,32H,1,12-13H2,2-8H3,(H,30,34)(H,31,33)/b24-16-/t19-/m0/s1. The zero-order valence-corrected chi connectivity index (χ0v) is 21.5. The van der Waals surface area contributed by atoms with Gasteiger partial charge >= 0.3 is 0 Å². The Balaban J connectivity index is 2.32. The number of amides is 2. The summed E-state index contributed by atoms with van der Waals surface area (Å²) in [6, 6.07) is 3.90. The van der Waals surface area contributed by atoms with Crippen LogP contribution < -0.4 is 10.6 Å². The monoisotopic (exact) mass is 459 g/mol. The molecule has 1 atom stereocenters. The van der Waals surface area contributed by atoms with Gasteiger partial charge in [0, 0.05) is 27.6 Å². The molecule has 2 heterocycles. The molecule has 3 rings (SSSR count). The maximum atomic E-state index is 12.7. The number of benzene rings is 1. The van der Waals surface area contributed by atoms with Crippen molar-refractivity contribution in [3.8, 4) is 0 Å². The largest absolute Gasteiger partial charge is 0.357 e. The molecule has 5 nitrogen and oxygen atoms in total. The zero-order valence-electron chi connectivity index (χ0n) is 21.5. The van der Waals surface area contributed by atoms with Crippen LogP contribution in [-0.2, 0) is 27.8 Å². The van der Waals surface area contributed by atoms with Gasteiger partial charge in [0.05, 0.1) is 0 Å². The van der Waals surface area contributed by atoms with Gasteiger partial charge in [0.1, 0.15) is 11.7 Å². The van der Waals surface area contributed by atoms with Crippen LogP contribution in [0.15, 0.2) is 53.8 Å². The molecule has 180 valence electrons. The summed E-state index contributed by atoms with van der Waals surface area (Å²) in [7, 11) is 0. The first-order valence-electron chi connectivity index (χ1n) is 11.8. The summed E-state index contributed by atoms with van der Waals surface area (Å²) in [6.07, 6.45) is 9.79. The summed E-state index contributed by atoms with van der Waals surface area (Å²) in [5.41, 5.74) is 7.73. The molecule has 1 aliphatic rings. The number of rotatable bonds is 7. The minimum Gasteiger partial charge on any atom is -0.357 e. The maximum absolute atomic E-state index is 12.7. The summed E-state index contributed by atoms with van der Waals surface area (Å²) < 4.78 is 0. The minimum atomic E-state index is -0.553. The molecule has 3 N–H and O–H groups in total. The molecular weight excluding hydrogens is 422 g/mol. The van der Waals surface area contributed by atoms with E-state index < -0.39 is 6.04 Å². The second-order valence-corrected chi connectivity index (χ2v) is 10.2. The van der Waals surface area contributed by atoms with Crippen molar-refractivity contribution in [2.75, 3.05) is 0 Å². The SMILES string of the molecule is C=CC(C)(C)c1[nH]c2c(CC=C(C)C)cc(CC=C(C)C)cc2c1/C=C1\NC(=O)[C@H](C)NC1=O. The normalized spacial score (nSPS) is 17.4. The number of nitrogens with one attached hydrogen (secondary N) is 3. The van der Waals surface area contributed by atoms with Gasteiger partial charge in [-0.15, -0.1) is 6.58 Å². The third kappa shape index (κ3) is 5.41. The molecule has 0 spiro atoms. The Hall–Kier alpha value is -3.34. The van der Waals surface area contributed by atoms with Crippen molar-refractivity contribution < 1.29 is 9.59 Å². The number of hydrogen-bond donors (Lipinski definition) is 3. The number of aromatic amines is 1. The van der Waals surface area contributed by atoms with Crippen molar-refractivity contribution in [2.24, 2.45) is 0 Å². The van der Waals surface area contributed by atoms with Crippen LogP contribution in [0, 0.1) is 0 Å². The quantitative estimate of drug-likeness (QED) is 0.371. The second-order valence-electron chi connectivity index (χ2n) is 10.2. The van der Waals surface area contributed by atoms with E-state index in [0.717, 1.165) is 35.0 Å². The van der Waals surface area contributed by atoms with E-state index in [1.807, 2.05) is 6.08 Å². The molecule has 1 aliphatic heterocycles. The molecule has 5 heteroatoms. The van der Waals surface area contributed by atoms with Gasteiger partial charge in [0.25, 0.3) is 5.91 Å². The van der Waals surface area contributed by atoms with Crippen LogP contribution in [0.3, 0.4) is 0 Å². The first kappa shape index (κ1) is 25.3. The number of carbonyl (C=O) groups excluding carboxylic acids is 2. The van der Waals surface area contributed by atoms with Gasteiger partial charge < -0.3 is 15.6 Å². The average Bonchev–Trinajstić information content (AvgIpc) is 3.13. The summed E-state index contributed by atoms with van der Waals surface area (Å²) in [6.45, 7) is 18.3. The van der Waals surface area contributed by atoms with E-state index in [1.165, 1.54) is 22.3 Å². The molecular formula is C29H37N3O2. The number of hydrogen-bond acceptors (Lipinski definition) is 2. The molecule has 0 saturated carbocycles. The van der Waals surface area contributed by atoms with Crippen molar-refractivity contribution >= 4 is 28.8 Å². The summed E-state index contributed by atoms with van der Waals surface area (Å²) in [5.74, 6) is -0.502. The number of carbonyl (C=O) groups is 2. The Bertz CT molecular complexity index is 1230. The van der Waals surface area contributed by atoms with E-state index in [2.05, 4.69) is 88.0 Å². The van der Waals surface area contributed by atoms with Crippen LogP contribution in [-0.4, -0.2) is 22.8 Å². The van der Waals surface area contributed by atoms with E-state index in [9.17, 15) is 9.59 Å². The molecule has 1 fully saturated rings. The topological polar surface area (TPSA) is 74.0 Å². The first-order chi connectivity index (χ1) is 15.9. The fourth-order valence-corrected chi connectivity index (χ4v) is 4.01. The molecule has 0 bridgehead atoms. The number of aromatic nitrogens is 1. The van der Waals surface area contributed by atoms with E-state index in [-0.39, 0.29) is 22.9 Å². The average molecular weight is 460 g/mol. The first-order valence-corrected chi connectivity index (χ1v) is 11.8. The highest BCUT2D eigenvalue weighted by Crippen LogP contribution is 2.36. The number of piperazine rings is 1. The molecule has 0 aliphatic carbocycles. The maximum Gasteiger partial charge on any atom is 0.268 e. The van der Waals surface area contributed by atoms with E-state index in [1.54, 1.807) is 13.0 Å². The Kier molecular flexibility index (Phi) is 7.35. The van der Waals surface area contributed by atoms with Crippen LogP contribution in [0.25, 0.3) is 17.0 Å².